The SMILES string of the molecule is NCc1cc(F)ccc1CSc1ccc2c(c1)OCCO2. The molecule has 110 valence electrons. The third kappa shape index (κ3) is 3.31. The van der Waals surface area contributed by atoms with E-state index in [0.717, 1.165) is 33.3 Å². The Hall–Kier alpha value is -1.72. The minimum atomic E-state index is -0.247. The number of fused-ring (bicyclic) bond motifs is 1. The van der Waals surface area contributed by atoms with E-state index < -0.39 is 0 Å². The molecule has 1 heterocycles. The quantitative estimate of drug-likeness (QED) is 0.880. The van der Waals surface area contributed by atoms with Crippen molar-refractivity contribution < 1.29 is 13.9 Å². The Morgan fingerprint density at radius 1 is 1.00 bits per heavy atom. The van der Waals surface area contributed by atoms with Gasteiger partial charge < -0.3 is 15.2 Å². The molecule has 0 aromatic heterocycles. The Morgan fingerprint density at radius 3 is 2.62 bits per heavy atom. The van der Waals surface area contributed by atoms with E-state index in [0.29, 0.717) is 19.8 Å². The van der Waals surface area contributed by atoms with Crippen LogP contribution in [0.25, 0.3) is 0 Å². The van der Waals surface area contributed by atoms with Crippen molar-refractivity contribution in [1.29, 1.82) is 0 Å². The number of hydrogen-bond acceptors (Lipinski definition) is 4. The molecule has 0 fully saturated rings. The summed E-state index contributed by atoms with van der Waals surface area (Å²) >= 11 is 1.67. The molecule has 1 aliphatic rings. The van der Waals surface area contributed by atoms with Gasteiger partial charge >= 0.3 is 0 Å². The van der Waals surface area contributed by atoms with Crippen LogP contribution in [-0.2, 0) is 12.3 Å². The normalized spacial score (nSPS) is 13.2. The fourth-order valence-electron chi connectivity index (χ4n) is 2.20. The molecule has 0 aliphatic carbocycles. The second-order valence-electron chi connectivity index (χ2n) is 4.71. The number of thioether (sulfide) groups is 1. The second-order valence-corrected chi connectivity index (χ2v) is 5.76. The lowest BCUT2D eigenvalue weighted by Gasteiger charge is -2.18. The lowest BCUT2D eigenvalue weighted by Crippen LogP contribution is -2.15. The van der Waals surface area contributed by atoms with Gasteiger partial charge in [-0.05, 0) is 41.5 Å². The Kier molecular flexibility index (Phi) is 4.31. The highest BCUT2D eigenvalue weighted by molar-refractivity contribution is 7.98. The maximum Gasteiger partial charge on any atom is 0.162 e. The topological polar surface area (TPSA) is 44.5 Å². The number of hydrogen-bond donors (Lipinski definition) is 1. The maximum absolute atomic E-state index is 13.2. The van der Waals surface area contributed by atoms with Crippen LogP contribution in [0.1, 0.15) is 11.1 Å². The molecule has 0 radical (unpaired) electrons. The first-order valence-electron chi connectivity index (χ1n) is 6.76. The predicted octanol–water partition coefficient (Wildman–Crippen LogP) is 3.35. The lowest BCUT2D eigenvalue weighted by atomic mass is 10.1. The van der Waals surface area contributed by atoms with Crippen LogP contribution in [-0.4, -0.2) is 13.2 Å². The fraction of sp³-hybridized carbons (Fsp3) is 0.250. The molecule has 0 amide bonds. The summed E-state index contributed by atoms with van der Waals surface area (Å²) in [6.45, 7) is 1.51. The van der Waals surface area contributed by atoms with E-state index in [1.165, 1.54) is 12.1 Å². The number of benzene rings is 2. The molecule has 0 saturated heterocycles. The standard InChI is InChI=1S/C16H16FNO2S/c17-13-2-1-11(12(7-13)9-18)10-21-14-3-4-15-16(8-14)20-6-5-19-15/h1-4,7-8H,5-6,9-10,18H2. The smallest absolute Gasteiger partial charge is 0.162 e. The summed E-state index contributed by atoms with van der Waals surface area (Å²) in [5.41, 5.74) is 7.57. The first-order valence-corrected chi connectivity index (χ1v) is 7.74. The Bertz CT molecular complexity index is 648. The third-order valence-electron chi connectivity index (χ3n) is 3.30. The van der Waals surface area contributed by atoms with Gasteiger partial charge in [0.15, 0.2) is 11.5 Å². The van der Waals surface area contributed by atoms with E-state index in [1.54, 1.807) is 17.8 Å². The van der Waals surface area contributed by atoms with Crippen LogP contribution in [0.15, 0.2) is 41.3 Å². The van der Waals surface area contributed by atoms with Gasteiger partial charge in [0.05, 0.1) is 0 Å². The van der Waals surface area contributed by atoms with Crippen molar-refractivity contribution in [3.05, 3.63) is 53.3 Å². The van der Waals surface area contributed by atoms with Gasteiger partial charge in [0.25, 0.3) is 0 Å². The van der Waals surface area contributed by atoms with Crippen molar-refractivity contribution in [3.8, 4) is 11.5 Å². The highest BCUT2D eigenvalue weighted by Crippen LogP contribution is 2.35. The molecule has 5 heteroatoms. The van der Waals surface area contributed by atoms with Gasteiger partial charge in [-0.1, -0.05) is 6.07 Å². The van der Waals surface area contributed by atoms with Crippen molar-refractivity contribution in [1.82, 2.24) is 0 Å². The van der Waals surface area contributed by atoms with E-state index >= 15 is 0 Å². The van der Waals surface area contributed by atoms with Crippen LogP contribution >= 0.6 is 11.8 Å². The lowest BCUT2D eigenvalue weighted by molar-refractivity contribution is 0.171. The molecule has 0 spiro atoms. The van der Waals surface area contributed by atoms with Crippen molar-refractivity contribution in [2.45, 2.75) is 17.2 Å². The number of ether oxygens (including phenoxy) is 2. The number of halogens is 1. The number of rotatable bonds is 4. The average Bonchev–Trinajstić information content (AvgIpc) is 2.53. The minimum Gasteiger partial charge on any atom is -0.486 e. The summed E-state index contributed by atoms with van der Waals surface area (Å²) in [4.78, 5) is 1.09. The molecule has 0 atom stereocenters. The van der Waals surface area contributed by atoms with Crippen LogP contribution in [0.4, 0.5) is 4.39 Å². The van der Waals surface area contributed by atoms with Gasteiger partial charge in [-0.25, -0.2) is 4.39 Å². The van der Waals surface area contributed by atoms with E-state index in [2.05, 4.69) is 0 Å². The monoisotopic (exact) mass is 305 g/mol. The molecule has 0 saturated carbocycles. The highest BCUT2D eigenvalue weighted by atomic mass is 32.2. The molecule has 3 rings (SSSR count). The molecule has 1 aliphatic heterocycles. The molecule has 0 unspecified atom stereocenters. The molecule has 2 aromatic carbocycles. The summed E-state index contributed by atoms with van der Waals surface area (Å²) in [5, 5.41) is 0. The van der Waals surface area contributed by atoms with Gasteiger partial charge in [-0.15, -0.1) is 11.8 Å². The fourth-order valence-corrected chi connectivity index (χ4v) is 3.16. The zero-order chi connectivity index (χ0) is 14.7. The number of nitrogens with two attached hydrogens (primary N) is 1. The zero-order valence-corrected chi connectivity index (χ0v) is 12.3. The first kappa shape index (κ1) is 14.2. The molecule has 3 nitrogen and oxygen atoms in total. The summed E-state index contributed by atoms with van der Waals surface area (Å²) < 4.78 is 24.3. The zero-order valence-electron chi connectivity index (χ0n) is 11.5. The maximum atomic E-state index is 13.2. The van der Waals surface area contributed by atoms with Crippen molar-refractivity contribution in [2.24, 2.45) is 5.73 Å². The Balaban J connectivity index is 1.73. The van der Waals surface area contributed by atoms with Crippen molar-refractivity contribution >= 4 is 11.8 Å². The van der Waals surface area contributed by atoms with Gasteiger partial charge in [0, 0.05) is 17.2 Å². The van der Waals surface area contributed by atoms with Gasteiger partial charge in [-0.3, -0.25) is 0 Å². The van der Waals surface area contributed by atoms with E-state index in [1.807, 2.05) is 18.2 Å². The van der Waals surface area contributed by atoms with Gasteiger partial charge in [0.1, 0.15) is 19.0 Å². The third-order valence-corrected chi connectivity index (χ3v) is 4.34. The molecular formula is C16H16FNO2S. The van der Waals surface area contributed by atoms with E-state index in [9.17, 15) is 4.39 Å². The molecule has 2 aromatic rings. The summed E-state index contributed by atoms with van der Waals surface area (Å²) in [6, 6.07) is 10.7. The second kappa shape index (κ2) is 6.37. The minimum absolute atomic E-state index is 0.247. The van der Waals surface area contributed by atoms with E-state index in [-0.39, 0.29) is 5.82 Å². The van der Waals surface area contributed by atoms with Crippen LogP contribution in [0.2, 0.25) is 0 Å². The predicted molar refractivity (Wildman–Crippen MR) is 81.3 cm³/mol. The van der Waals surface area contributed by atoms with Crippen LogP contribution in [0.5, 0.6) is 11.5 Å². The summed E-state index contributed by atoms with van der Waals surface area (Å²) in [5.74, 6) is 2.06. The first-order chi connectivity index (χ1) is 10.3. The average molecular weight is 305 g/mol. The molecular weight excluding hydrogens is 289 g/mol. The highest BCUT2D eigenvalue weighted by Gasteiger charge is 2.12. The van der Waals surface area contributed by atoms with Gasteiger partial charge in [0.2, 0.25) is 0 Å². The molecule has 2 N–H and O–H groups in total. The van der Waals surface area contributed by atoms with Crippen molar-refractivity contribution in [3.63, 3.8) is 0 Å². The van der Waals surface area contributed by atoms with Crippen LogP contribution < -0.4 is 15.2 Å². The Morgan fingerprint density at radius 2 is 1.81 bits per heavy atom. The van der Waals surface area contributed by atoms with Crippen LogP contribution in [0.3, 0.4) is 0 Å². The largest absolute Gasteiger partial charge is 0.486 e. The Labute approximate surface area is 127 Å². The van der Waals surface area contributed by atoms with Crippen molar-refractivity contribution in [2.75, 3.05) is 13.2 Å². The van der Waals surface area contributed by atoms with E-state index in [4.69, 9.17) is 15.2 Å². The van der Waals surface area contributed by atoms with Gasteiger partial charge in [-0.2, -0.15) is 0 Å². The molecule has 0 bridgehead atoms. The molecule has 21 heavy (non-hydrogen) atoms. The summed E-state index contributed by atoms with van der Waals surface area (Å²) in [7, 11) is 0. The summed E-state index contributed by atoms with van der Waals surface area (Å²) in [6.07, 6.45) is 0. The van der Waals surface area contributed by atoms with Crippen LogP contribution in [0, 0.1) is 5.82 Å².